The summed E-state index contributed by atoms with van der Waals surface area (Å²) in [6.07, 6.45) is 0.945. The fourth-order valence-corrected chi connectivity index (χ4v) is 1.85. The summed E-state index contributed by atoms with van der Waals surface area (Å²) < 4.78 is 0. The molecule has 1 aromatic rings. The Morgan fingerprint density at radius 2 is 2.05 bits per heavy atom. The zero-order valence-corrected chi connectivity index (χ0v) is 11.2. The normalized spacial score (nSPS) is 14.9. The van der Waals surface area contributed by atoms with E-state index >= 15 is 0 Å². The number of piperazine rings is 1. The van der Waals surface area contributed by atoms with Crippen LogP contribution in [0.5, 0.6) is 0 Å². The summed E-state index contributed by atoms with van der Waals surface area (Å²) in [5.41, 5.74) is 0.216. The lowest BCUT2D eigenvalue weighted by atomic mass is 10.2. The number of amides is 3. The third-order valence-corrected chi connectivity index (χ3v) is 2.76. The molecule has 0 aromatic carbocycles. The number of pyridine rings is 1. The molecule has 1 aliphatic rings. The molecule has 0 spiro atoms. The average molecular weight is 276 g/mol. The predicted molar refractivity (Wildman–Crippen MR) is 72.1 cm³/mol. The molecule has 20 heavy (non-hydrogen) atoms. The molecule has 2 heterocycles. The number of imide groups is 1. The molecular formula is C13H16N4O3. The largest absolute Gasteiger partial charge is 0.370 e. The van der Waals surface area contributed by atoms with Gasteiger partial charge >= 0.3 is 0 Å². The number of carbonyl (C=O) groups excluding carboxylic acids is 3. The van der Waals surface area contributed by atoms with E-state index in [0.29, 0.717) is 5.82 Å². The first-order valence-corrected chi connectivity index (χ1v) is 6.43. The van der Waals surface area contributed by atoms with Crippen LogP contribution in [-0.4, -0.2) is 47.2 Å². The predicted octanol–water partition coefficient (Wildman–Crippen LogP) is 0.00210. The van der Waals surface area contributed by atoms with Gasteiger partial charge in [0.05, 0.1) is 0 Å². The van der Waals surface area contributed by atoms with Crippen molar-refractivity contribution in [2.75, 3.05) is 25.0 Å². The summed E-state index contributed by atoms with van der Waals surface area (Å²) in [6.45, 7) is 2.53. The minimum Gasteiger partial charge on any atom is -0.370 e. The van der Waals surface area contributed by atoms with Crippen LogP contribution in [0.2, 0.25) is 0 Å². The second-order valence-corrected chi connectivity index (χ2v) is 4.47. The van der Waals surface area contributed by atoms with Gasteiger partial charge in [0, 0.05) is 6.54 Å². The molecule has 1 fully saturated rings. The highest BCUT2D eigenvalue weighted by Gasteiger charge is 2.27. The number of anilines is 1. The number of hydrogen-bond donors (Lipinski definition) is 2. The van der Waals surface area contributed by atoms with E-state index in [9.17, 15) is 14.4 Å². The van der Waals surface area contributed by atoms with Crippen LogP contribution in [0, 0.1) is 0 Å². The molecule has 0 saturated carbocycles. The van der Waals surface area contributed by atoms with Crippen LogP contribution in [0.25, 0.3) is 0 Å². The molecule has 1 saturated heterocycles. The molecule has 1 aliphatic heterocycles. The Kier molecular flexibility index (Phi) is 4.29. The van der Waals surface area contributed by atoms with Crippen LogP contribution < -0.4 is 10.6 Å². The number of nitrogens with one attached hydrogen (secondary N) is 2. The van der Waals surface area contributed by atoms with Crippen molar-refractivity contribution in [1.82, 2.24) is 15.2 Å². The quantitative estimate of drug-likeness (QED) is 0.755. The van der Waals surface area contributed by atoms with Gasteiger partial charge in [-0.3, -0.25) is 19.7 Å². The lowest BCUT2D eigenvalue weighted by molar-refractivity contribution is -0.135. The van der Waals surface area contributed by atoms with Crippen LogP contribution >= 0.6 is 0 Å². The van der Waals surface area contributed by atoms with Crippen molar-refractivity contribution >= 4 is 23.5 Å². The summed E-state index contributed by atoms with van der Waals surface area (Å²) in [4.78, 5) is 40.1. The maximum Gasteiger partial charge on any atom is 0.273 e. The second-order valence-electron chi connectivity index (χ2n) is 4.47. The van der Waals surface area contributed by atoms with Gasteiger partial charge in [0.2, 0.25) is 11.8 Å². The van der Waals surface area contributed by atoms with E-state index in [1.807, 2.05) is 6.92 Å². The van der Waals surface area contributed by atoms with Gasteiger partial charge < -0.3 is 10.2 Å². The molecule has 0 radical (unpaired) electrons. The minimum atomic E-state index is -0.477. The molecule has 7 heteroatoms. The third kappa shape index (κ3) is 3.31. The first kappa shape index (κ1) is 14.0. The topological polar surface area (TPSA) is 91.4 Å². The standard InChI is InChI=1S/C13H16N4O3/c1-2-6-14-10-5-3-4-9(15-10)13(20)17-7-11(18)16-12(19)8-17/h3-5H,2,6-8H2,1H3,(H,14,15)(H,16,18,19). The first-order valence-electron chi connectivity index (χ1n) is 6.43. The Balaban J connectivity index is 2.12. The highest BCUT2D eigenvalue weighted by atomic mass is 16.2. The summed E-state index contributed by atoms with van der Waals surface area (Å²) in [5.74, 6) is -0.774. The number of rotatable bonds is 4. The highest BCUT2D eigenvalue weighted by Crippen LogP contribution is 2.09. The van der Waals surface area contributed by atoms with Crippen molar-refractivity contribution in [1.29, 1.82) is 0 Å². The van der Waals surface area contributed by atoms with E-state index in [-0.39, 0.29) is 18.8 Å². The Hall–Kier alpha value is -2.44. The summed E-state index contributed by atoms with van der Waals surface area (Å²) in [7, 11) is 0. The molecule has 7 nitrogen and oxygen atoms in total. The number of hydrogen-bond acceptors (Lipinski definition) is 5. The maximum atomic E-state index is 12.2. The Bertz CT molecular complexity index is 528. The molecule has 106 valence electrons. The fourth-order valence-electron chi connectivity index (χ4n) is 1.85. The van der Waals surface area contributed by atoms with Crippen molar-refractivity contribution in [3.63, 3.8) is 0 Å². The molecule has 0 aliphatic carbocycles. The lowest BCUT2D eigenvalue weighted by Gasteiger charge is -2.25. The van der Waals surface area contributed by atoms with Gasteiger partial charge in [-0.1, -0.05) is 13.0 Å². The van der Waals surface area contributed by atoms with E-state index in [2.05, 4.69) is 15.6 Å². The van der Waals surface area contributed by atoms with E-state index in [0.717, 1.165) is 13.0 Å². The summed E-state index contributed by atoms with van der Waals surface area (Å²) in [5, 5.41) is 5.23. The van der Waals surface area contributed by atoms with Gasteiger partial charge in [-0.05, 0) is 18.6 Å². The molecule has 0 unspecified atom stereocenters. The van der Waals surface area contributed by atoms with Crippen molar-refractivity contribution < 1.29 is 14.4 Å². The summed E-state index contributed by atoms with van der Waals surface area (Å²) >= 11 is 0. The van der Waals surface area contributed by atoms with E-state index in [1.165, 1.54) is 4.90 Å². The third-order valence-electron chi connectivity index (χ3n) is 2.76. The van der Waals surface area contributed by atoms with Crippen LogP contribution in [0.15, 0.2) is 18.2 Å². The molecule has 2 N–H and O–H groups in total. The van der Waals surface area contributed by atoms with Crippen molar-refractivity contribution in [3.05, 3.63) is 23.9 Å². The van der Waals surface area contributed by atoms with Crippen molar-refractivity contribution in [2.24, 2.45) is 0 Å². The fraction of sp³-hybridized carbons (Fsp3) is 0.385. The van der Waals surface area contributed by atoms with Crippen molar-refractivity contribution in [2.45, 2.75) is 13.3 Å². The SMILES string of the molecule is CCCNc1cccc(C(=O)N2CC(=O)NC(=O)C2)n1. The van der Waals surface area contributed by atoms with E-state index in [1.54, 1.807) is 18.2 Å². The number of carbonyl (C=O) groups is 3. The minimum absolute atomic E-state index is 0.126. The summed E-state index contributed by atoms with van der Waals surface area (Å²) in [6, 6.07) is 5.04. The Labute approximate surface area is 116 Å². The Morgan fingerprint density at radius 3 is 2.70 bits per heavy atom. The molecule has 0 bridgehead atoms. The molecule has 2 rings (SSSR count). The Morgan fingerprint density at radius 1 is 1.35 bits per heavy atom. The highest BCUT2D eigenvalue weighted by molar-refractivity contribution is 6.05. The van der Waals surface area contributed by atoms with Gasteiger partial charge in [0.25, 0.3) is 5.91 Å². The maximum absolute atomic E-state index is 12.2. The first-order chi connectivity index (χ1) is 9.60. The van der Waals surface area contributed by atoms with Crippen LogP contribution in [0.3, 0.4) is 0 Å². The van der Waals surface area contributed by atoms with E-state index < -0.39 is 17.7 Å². The molecule has 1 aromatic heterocycles. The van der Waals surface area contributed by atoms with Gasteiger partial charge in [-0.15, -0.1) is 0 Å². The number of nitrogens with zero attached hydrogens (tertiary/aromatic N) is 2. The zero-order valence-electron chi connectivity index (χ0n) is 11.2. The van der Waals surface area contributed by atoms with Crippen molar-refractivity contribution in [3.8, 4) is 0 Å². The van der Waals surface area contributed by atoms with Crippen LogP contribution in [0.1, 0.15) is 23.8 Å². The molecule has 0 atom stereocenters. The monoisotopic (exact) mass is 276 g/mol. The van der Waals surface area contributed by atoms with Crippen LogP contribution in [-0.2, 0) is 9.59 Å². The van der Waals surface area contributed by atoms with Gasteiger partial charge in [0.1, 0.15) is 24.6 Å². The smallest absolute Gasteiger partial charge is 0.273 e. The molecular weight excluding hydrogens is 260 g/mol. The number of aromatic nitrogens is 1. The van der Waals surface area contributed by atoms with Gasteiger partial charge in [-0.25, -0.2) is 4.98 Å². The lowest BCUT2D eigenvalue weighted by Crippen LogP contribution is -2.53. The average Bonchev–Trinajstić information content (AvgIpc) is 2.43. The van der Waals surface area contributed by atoms with Gasteiger partial charge in [-0.2, -0.15) is 0 Å². The van der Waals surface area contributed by atoms with Gasteiger partial charge in [0.15, 0.2) is 0 Å². The molecule has 3 amide bonds. The second kappa shape index (κ2) is 6.14. The zero-order chi connectivity index (χ0) is 14.5. The van der Waals surface area contributed by atoms with E-state index in [4.69, 9.17) is 0 Å². The van der Waals surface area contributed by atoms with Crippen LogP contribution in [0.4, 0.5) is 5.82 Å².